The third-order valence-electron chi connectivity index (χ3n) is 3.11. The molecule has 1 heterocycles. The fraction of sp³-hybridized carbons (Fsp3) is 0.267. The largest absolute Gasteiger partial charge is 0.494 e. The second kappa shape index (κ2) is 5.18. The van der Waals surface area contributed by atoms with E-state index in [4.69, 9.17) is 10.5 Å². The molecule has 0 atom stereocenters. The maximum Gasteiger partial charge on any atom is 0.252 e. The fourth-order valence-corrected chi connectivity index (χ4v) is 1.97. The maximum atomic E-state index is 11.7. The number of nitrogen functional groups attached to an aromatic ring is 1. The SMILES string of the molecule is CCOc1ccc(-c2cc(N)n(C)c(=O)c2)cc1C. The minimum atomic E-state index is -0.110. The Morgan fingerprint density at radius 2 is 1.95 bits per heavy atom. The predicted molar refractivity (Wildman–Crippen MR) is 77.4 cm³/mol. The van der Waals surface area contributed by atoms with Crippen molar-refractivity contribution in [1.82, 2.24) is 4.57 Å². The molecule has 0 unspecified atom stereocenters. The van der Waals surface area contributed by atoms with Crippen LogP contribution in [0.3, 0.4) is 0 Å². The lowest BCUT2D eigenvalue weighted by atomic mass is 10.0. The van der Waals surface area contributed by atoms with E-state index in [1.807, 2.05) is 32.0 Å². The van der Waals surface area contributed by atoms with E-state index in [2.05, 4.69) is 0 Å². The van der Waals surface area contributed by atoms with Gasteiger partial charge in [-0.2, -0.15) is 0 Å². The summed E-state index contributed by atoms with van der Waals surface area (Å²) in [5, 5.41) is 0. The molecule has 0 saturated carbocycles. The molecule has 0 aliphatic rings. The maximum absolute atomic E-state index is 11.7. The van der Waals surface area contributed by atoms with Gasteiger partial charge in [-0.3, -0.25) is 9.36 Å². The first-order chi connectivity index (χ1) is 9.02. The topological polar surface area (TPSA) is 57.2 Å². The van der Waals surface area contributed by atoms with Crippen molar-refractivity contribution in [3.8, 4) is 16.9 Å². The Morgan fingerprint density at radius 3 is 2.53 bits per heavy atom. The van der Waals surface area contributed by atoms with Crippen molar-refractivity contribution in [1.29, 1.82) is 0 Å². The third-order valence-corrected chi connectivity index (χ3v) is 3.11. The van der Waals surface area contributed by atoms with Crippen molar-refractivity contribution >= 4 is 5.82 Å². The number of pyridine rings is 1. The highest BCUT2D eigenvalue weighted by molar-refractivity contribution is 5.67. The average molecular weight is 258 g/mol. The Morgan fingerprint density at radius 1 is 1.21 bits per heavy atom. The monoisotopic (exact) mass is 258 g/mol. The van der Waals surface area contributed by atoms with E-state index >= 15 is 0 Å². The standard InChI is InChI=1S/C15H18N2O2/c1-4-19-13-6-5-11(7-10(13)2)12-8-14(16)17(3)15(18)9-12/h5-9H,4,16H2,1-3H3. The summed E-state index contributed by atoms with van der Waals surface area (Å²) in [7, 11) is 1.66. The zero-order chi connectivity index (χ0) is 14.0. The number of nitrogens with zero attached hydrogens (tertiary/aromatic N) is 1. The molecule has 0 radical (unpaired) electrons. The summed E-state index contributed by atoms with van der Waals surface area (Å²) in [6.07, 6.45) is 0. The van der Waals surface area contributed by atoms with Gasteiger partial charge < -0.3 is 10.5 Å². The molecular weight excluding hydrogens is 240 g/mol. The van der Waals surface area contributed by atoms with E-state index in [1.54, 1.807) is 19.2 Å². The summed E-state index contributed by atoms with van der Waals surface area (Å²) in [5.74, 6) is 1.32. The molecule has 1 aromatic heterocycles. The van der Waals surface area contributed by atoms with E-state index in [9.17, 15) is 4.79 Å². The van der Waals surface area contributed by atoms with Crippen LogP contribution in [-0.4, -0.2) is 11.2 Å². The van der Waals surface area contributed by atoms with Crippen LogP contribution in [-0.2, 0) is 7.05 Å². The summed E-state index contributed by atoms with van der Waals surface area (Å²) in [4.78, 5) is 11.7. The normalized spacial score (nSPS) is 10.5. The highest BCUT2D eigenvalue weighted by atomic mass is 16.5. The van der Waals surface area contributed by atoms with E-state index in [0.29, 0.717) is 12.4 Å². The lowest BCUT2D eigenvalue weighted by molar-refractivity contribution is 0.338. The molecule has 2 rings (SSSR count). The lowest BCUT2D eigenvalue weighted by Crippen LogP contribution is -2.18. The van der Waals surface area contributed by atoms with Crippen LogP contribution >= 0.6 is 0 Å². The summed E-state index contributed by atoms with van der Waals surface area (Å²) >= 11 is 0. The van der Waals surface area contributed by atoms with Crippen molar-refractivity contribution in [3.63, 3.8) is 0 Å². The van der Waals surface area contributed by atoms with Crippen molar-refractivity contribution in [2.45, 2.75) is 13.8 Å². The highest BCUT2D eigenvalue weighted by Gasteiger charge is 2.06. The Balaban J connectivity index is 2.48. The van der Waals surface area contributed by atoms with Gasteiger partial charge >= 0.3 is 0 Å². The molecule has 0 saturated heterocycles. The molecule has 0 amide bonds. The molecule has 4 nitrogen and oxygen atoms in total. The van der Waals surface area contributed by atoms with Crippen LogP contribution in [0.4, 0.5) is 5.82 Å². The number of anilines is 1. The number of aromatic nitrogens is 1. The third kappa shape index (κ3) is 2.62. The summed E-state index contributed by atoms with van der Waals surface area (Å²) < 4.78 is 6.93. The molecule has 1 aromatic carbocycles. The molecule has 2 N–H and O–H groups in total. The Labute approximate surface area is 112 Å². The minimum absolute atomic E-state index is 0.110. The Kier molecular flexibility index (Phi) is 3.60. The first-order valence-electron chi connectivity index (χ1n) is 6.23. The number of ether oxygens (including phenoxy) is 1. The highest BCUT2D eigenvalue weighted by Crippen LogP contribution is 2.26. The van der Waals surface area contributed by atoms with E-state index in [0.717, 1.165) is 22.4 Å². The van der Waals surface area contributed by atoms with Gasteiger partial charge in [0.05, 0.1) is 6.61 Å². The van der Waals surface area contributed by atoms with Crippen LogP contribution in [0.15, 0.2) is 35.1 Å². The van der Waals surface area contributed by atoms with Crippen molar-refractivity contribution in [2.75, 3.05) is 12.3 Å². The molecule has 0 aliphatic heterocycles. The van der Waals surface area contributed by atoms with Gasteiger partial charge in [0.2, 0.25) is 0 Å². The van der Waals surface area contributed by atoms with Crippen LogP contribution < -0.4 is 16.0 Å². The van der Waals surface area contributed by atoms with Crippen molar-refractivity contribution in [3.05, 3.63) is 46.2 Å². The van der Waals surface area contributed by atoms with Crippen LogP contribution in [0.25, 0.3) is 11.1 Å². The van der Waals surface area contributed by atoms with E-state index in [-0.39, 0.29) is 5.56 Å². The molecule has 19 heavy (non-hydrogen) atoms. The number of aryl methyl sites for hydroxylation is 1. The zero-order valence-electron chi connectivity index (χ0n) is 11.4. The molecule has 0 fully saturated rings. The Bertz CT molecular complexity index is 660. The van der Waals surface area contributed by atoms with Crippen molar-refractivity contribution < 1.29 is 4.74 Å². The number of hydrogen-bond donors (Lipinski definition) is 1. The van der Waals surface area contributed by atoms with Crippen molar-refractivity contribution in [2.24, 2.45) is 7.05 Å². The summed E-state index contributed by atoms with van der Waals surface area (Å²) in [5.41, 5.74) is 8.53. The van der Waals surface area contributed by atoms with Gasteiger partial charge in [-0.05, 0) is 48.7 Å². The summed E-state index contributed by atoms with van der Waals surface area (Å²) in [6, 6.07) is 9.25. The van der Waals surface area contributed by atoms with E-state index in [1.165, 1.54) is 4.57 Å². The molecule has 100 valence electrons. The number of nitrogens with two attached hydrogens (primary N) is 1. The average Bonchev–Trinajstić information content (AvgIpc) is 2.38. The second-order valence-electron chi connectivity index (χ2n) is 4.48. The van der Waals surface area contributed by atoms with Crippen LogP contribution in [0.5, 0.6) is 5.75 Å². The molecular formula is C15H18N2O2. The van der Waals surface area contributed by atoms with E-state index < -0.39 is 0 Å². The molecule has 0 aliphatic carbocycles. The van der Waals surface area contributed by atoms with Gasteiger partial charge in [-0.15, -0.1) is 0 Å². The summed E-state index contributed by atoms with van der Waals surface area (Å²) in [6.45, 7) is 4.58. The van der Waals surface area contributed by atoms with Gasteiger partial charge in [-0.25, -0.2) is 0 Å². The van der Waals surface area contributed by atoms with Gasteiger partial charge in [0.15, 0.2) is 0 Å². The first kappa shape index (κ1) is 13.2. The predicted octanol–water partition coefficient (Wildman–Crippen LogP) is 2.34. The van der Waals surface area contributed by atoms with Crippen LogP contribution in [0.2, 0.25) is 0 Å². The number of benzene rings is 1. The zero-order valence-corrected chi connectivity index (χ0v) is 11.4. The molecule has 0 bridgehead atoms. The van der Waals surface area contributed by atoms with Crippen LogP contribution in [0.1, 0.15) is 12.5 Å². The second-order valence-corrected chi connectivity index (χ2v) is 4.48. The number of rotatable bonds is 3. The first-order valence-corrected chi connectivity index (χ1v) is 6.23. The van der Waals surface area contributed by atoms with Crippen LogP contribution in [0, 0.1) is 6.92 Å². The molecule has 0 spiro atoms. The fourth-order valence-electron chi connectivity index (χ4n) is 1.97. The van der Waals surface area contributed by atoms with Gasteiger partial charge in [0.1, 0.15) is 11.6 Å². The van der Waals surface area contributed by atoms with Gasteiger partial charge in [0.25, 0.3) is 5.56 Å². The lowest BCUT2D eigenvalue weighted by Gasteiger charge is -2.10. The molecule has 4 heteroatoms. The minimum Gasteiger partial charge on any atom is -0.494 e. The smallest absolute Gasteiger partial charge is 0.252 e. The quantitative estimate of drug-likeness (QED) is 0.919. The van der Waals surface area contributed by atoms with Gasteiger partial charge in [0, 0.05) is 13.1 Å². The Hall–Kier alpha value is -2.23. The number of hydrogen-bond acceptors (Lipinski definition) is 3. The molecule has 2 aromatic rings. The van der Waals surface area contributed by atoms with Gasteiger partial charge in [-0.1, -0.05) is 6.07 Å².